The first-order valence-electron chi connectivity index (χ1n) is 8.62. The molecule has 7 heteroatoms. The Kier molecular flexibility index (Phi) is 3.80. The number of phenols is 3. The Morgan fingerprint density at radius 1 is 0.655 bits per heavy atom. The van der Waals surface area contributed by atoms with Gasteiger partial charge < -0.3 is 15.3 Å². The summed E-state index contributed by atoms with van der Waals surface area (Å²) in [4.78, 5) is 50.2. The Morgan fingerprint density at radius 2 is 1.28 bits per heavy atom. The molecule has 0 heterocycles. The first-order chi connectivity index (χ1) is 13.6. The summed E-state index contributed by atoms with van der Waals surface area (Å²) in [6.07, 6.45) is 0. The smallest absolute Gasteiger partial charge is 0.198 e. The Labute approximate surface area is 161 Å². The van der Waals surface area contributed by atoms with Crippen molar-refractivity contribution in [2.75, 3.05) is 0 Å². The minimum absolute atomic E-state index is 0.0189. The Hall–Kier alpha value is -4.00. The lowest BCUT2D eigenvalue weighted by molar-refractivity contribution is 0.458. The molecule has 29 heavy (non-hydrogen) atoms. The molecular formula is C22H14O7. The van der Waals surface area contributed by atoms with Gasteiger partial charge in [0.2, 0.25) is 0 Å². The zero-order valence-corrected chi connectivity index (χ0v) is 15.4. The first kappa shape index (κ1) is 18.4. The van der Waals surface area contributed by atoms with Crippen molar-refractivity contribution in [3.05, 3.63) is 92.8 Å². The highest BCUT2D eigenvalue weighted by Crippen LogP contribution is 2.43. The lowest BCUT2D eigenvalue weighted by atomic mass is 9.95. The van der Waals surface area contributed by atoms with Gasteiger partial charge in [0.15, 0.2) is 21.7 Å². The number of benzene rings is 2. The number of fused-ring (bicyclic) bond motifs is 1. The molecule has 0 saturated heterocycles. The molecule has 0 unspecified atom stereocenters. The van der Waals surface area contributed by atoms with Crippen LogP contribution >= 0.6 is 0 Å². The third-order valence-corrected chi connectivity index (χ3v) is 5.02. The SMILES string of the molecule is Cc1cc(O)c2c(O)cc(-c3cc(=O)c4c(=O)cc(C)c(=O)c=4c3=O)c(O)c2c1. The third-order valence-electron chi connectivity index (χ3n) is 5.02. The van der Waals surface area contributed by atoms with Gasteiger partial charge in [-0.2, -0.15) is 0 Å². The second kappa shape index (κ2) is 6.00. The number of rotatable bonds is 1. The third kappa shape index (κ3) is 2.51. The summed E-state index contributed by atoms with van der Waals surface area (Å²) in [7, 11) is 0. The van der Waals surface area contributed by atoms with Gasteiger partial charge in [0, 0.05) is 22.1 Å². The Morgan fingerprint density at radius 3 is 1.97 bits per heavy atom. The summed E-state index contributed by atoms with van der Waals surface area (Å²) in [6.45, 7) is 3.03. The minimum atomic E-state index is -0.892. The van der Waals surface area contributed by atoms with Crippen LogP contribution in [0.2, 0.25) is 0 Å². The van der Waals surface area contributed by atoms with E-state index in [-0.39, 0.29) is 33.2 Å². The monoisotopic (exact) mass is 390 g/mol. The maximum atomic E-state index is 13.0. The summed E-state index contributed by atoms with van der Waals surface area (Å²) in [5.74, 6) is -1.14. The lowest BCUT2D eigenvalue weighted by Crippen LogP contribution is -2.29. The van der Waals surface area contributed by atoms with Crippen LogP contribution in [0.1, 0.15) is 11.1 Å². The summed E-state index contributed by atoms with van der Waals surface area (Å²) in [5.41, 5.74) is -3.07. The fraction of sp³-hybridized carbons (Fsp3) is 0.0909. The average Bonchev–Trinajstić information content (AvgIpc) is 2.63. The van der Waals surface area contributed by atoms with Gasteiger partial charge in [-0.15, -0.1) is 0 Å². The Bertz CT molecular complexity index is 1620. The van der Waals surface area contributed by atoms with Crippen LogP contribution in [-0.4, -0.2) is 15.3 Å². The molecule has 2 aromatic carbocycles. The lowest BCUT2D eigenvalue weighted by Gasteiger charge is -2.12. The van der Waals surface area contributed by atoms with Crippen molar-refractivity contribution in [2.45, 2.75) is 13.8 Å². The predicted octanol–water partition coefficient (Wildman–Crippen LogP) is 1.28. The molecule has 0 bridgehead atoms. The number of hydrogen-bond donors (Lipinski definition) is 3. The van der Waals surface area contributed by atoms with Crippen LogP contribution in [0.4, 0.5) is 0 Å². The fourth-order valence-electron chi connectivity index (χ4n) is 3.68. The molecule has 0 saturated carbocycles. The molecular weight excluding hydrogens is 376 g/mol. The highest BCUT2D eigenvalue weighted by Gasteiger charge is 2.20. The van der Waals surface area contributed by atoms with Gasteiger partial charge in [-0.3, -0.25) is 19.2 Å². The van der Waals surface area contributed by atoms with Gasteiger partial charge in [-0.05, 0) is 49.7 Å². The van der Waals surface area contributed by atoms with E-state index in [4.69, 9.17) is 0 Å². The van der Waals surface area contributed by atoms with E-state index in [1.165, 1.54) is 19.1 Å². The zero-order chi connectivity index (χ0) is 21.2. The van der Waals surface area contributed by atoms with Crippen LogP contribution in [0.5, 0.6) is 17.2 Å². The van der Waals surface area contributed by atoms with Gasteiger partial charge in [0.05, 0.1) is 15.8 Å². The minimum Gasteiger partial charge on any atom is -0.507 e. The van der Waals surface area contributed by atoms with Crippen molar-refractivity contribution in [3.63, 3.8) is 0 Å². The number of phenolic OH excluding ortho intramolecular Hbond substituents is 3. The second-order valence-corrected chi connectivity index (χ2v) is 7.02. The molecule has 0 aliphatic heterocycles. The zero-order valence-electron chi connectivity index (χ0n) is 15.4. The van der Waals surface area contributed by atoms with Crippen LogP contribution in [-0.2, 0) is 0 Å². The summed E-state index contributed by atoms with van der Waals surface area (Å²) >= 11 is 0. The molecule has 0 aromatic heterocycles. The molecule has 0 atom stereocenters. The number of aryl methyl sites for hydroxylation is 2. The Balaban J connectivity index is 2.25. The average molecular weight is 390 g/mol. The van der Waals surface area contributed by atoms with Crippen molar-refractivity contribution in [2.24, 2.45) is 0 Å². The molecule has 2 aromatic rings. The molecule has 144 valence electrons. The van der Waals surface area contributed by atoms with Crippen molar-refractivity contribution < 1.29 is 15.3 Å². The van der Waals surface area contributed by atoms with E-state index < -0.39 is 43.7 Å². The molecule has 0 radical (unpaired) electrons. The highest BCUT2D eigenvalue weighted by atomic mass is 16.3. The maximum absolute atomic E-state index is 13.0. The van der Waals surface area contributed by atoms with Gasteiger partial charge in [-0.25, -0.2) is 0 Å². The standard InChI is InChI=1S/C22H14O7/c1-8-3-12-17(13(23)4-8)15(25)6-10(21(12)28)11-7-16(26)18-14(24)5-9(2)20(27)19(18)22(11)29/h3-7,23,25,28H,1-2H3. The van der Waals surface area contributed by atoms with E-state index >= 15 is 0 Å². The summed E-state index contributed by atoms with van der Waals surface area (Å²) in [5, 5.41) is 30.2. The first-order valence-corrected chi connectivity index (χ1v) is 8.62. The largest absolute Gasteiger partial charge is 0.507 e. The quantitative estimate of drug-likeness (QED) is 0.418. The van der Waals surface area contributed by atoms with Gasteiger partial charge in [0.25, 0.3) is 0 Å². The van der Waals surface area contributed by atoms with Gasteiger partial charge in [-0.1, -0.05) is 0 Å². The predicted molar refractivity (Wildman–Crippen MR) is 107 cm³/mol. The fourth-order valence-corrected chi connectivity index (χ4v) is 3.68. The molecule has 0 spiro atoms. The molecule has 4 rings (SSSR count). The maximum Gasteiger partial charge on any atom is 0.198 e. The summed E-state index contributed by atoms with van der Waals surface area (Å²) < 4.78 is 0. The van der Waals surface area contributed by atoms with Crippen molar-refractivity contribution >= 4 is 10.8 Å². The molecule has 2 aliphatic rings. The van der Waals surface area contributed by atoms with Crippen molar-refractivity contribution in [1.82, 2.24) is 0 Å². The van der Waals surface area contributed by atoms with E-state index in [0.29, 0.717) is 5.56 Å². The molecule has 0 fully saturated rings. The molecule has 0 amide bonds. The second-order valence-electron chi connectivity index (χ2n) is 7.02. The molecule has 7 nitrogen and oxygen atoms in total. The number of aromatic hydroxyl groups is 3. The summed E-state index contributed by atoms with van der Waals surface area (Å²) in [6, 6.07) is 5.81. The van der Waals surface area contributed by atoms with Crippen LogP contribution < -0.4 is 21.7 Å². The topological polar surface area (TPSA) is 129 Å². The van der Waals surface area contributed by atoms with E-state index in [9.17, 15) is 34.5 Å². The van der Waals surface area contributed by atoms with Crippen LogP contribution in [0.15, 0.2) is 49.5 Å². The van der Waals surface area contributed by atoms with Crippen molar-refractivity contribution in [3.8, 4) is 28.4 Å². The van der Waals surface area contributed by atoms with Crippen LogP contribution in [0.3, 0.4) is 0 Å². The van der Waals surface area contributed by atoms with E-state index in [0.717, 1.165) is 18.2 Å². The number of hydrogen-bond acceptors (Lipinski definition) is 7. The van der Waals surface area contributed by atoms with Gasteiger partial charge >= 0.3 is 0 Å². The van der Waals surface area contributed by atoms with Gasteiger partial charge in [0.1, 0.15) is 17.2 Å². The van der Waals surface area contributed by atoms with E-state index in [1.807, 2.05) is 0 Å². The van der Waals surface area contributed by atoms with Crippen LogP contribution in [0, 0.1) is 24.3 Å². The molecule has 2 aliphatic carbocycles. The van der Waals surface area contributed by atoms with E-state index in [1.54, 1.807) is 6.92 Å². The van der Waals surface area contributed by atoms with Crippen LogP contribution in [0.25, 0.3) is 21.9 Å². The molecule has 3 N–H and O–H groups in total. The highest BCUT2D eigenvalue weighted by molar-refractivity contribution is 6.02. The van der Waals surface area contributed by atoms with E-state index in [2.05, 4.69) is 0 Å². The normalized spacial score (nSPS) is 11.4. The van der Waals surface area contributed by atoms with Crippen molar-refractivity contribution in [1.29, 1.82) is 0 Å².